The Morgan fingerprint density at radius 1 is 1.54 bits per heavy atom. The zero-order valence-corrected chi connectivity index (χ0v) is 8.89. The summed E-state index contributed by atoms with van der Waals surface area (Å²) in [6.07, 6.45) is 0.603. The van der Waals surface area contributed by atoms with Crippen molar-refractivity contribution < 1.29 is 9.53 Å². The fraction of sp³-hybridized carbons (Fsp3) is 0.889. The number of esters is 1. The van der Waals surface area contributed by atoms with Crippen LogP contribution in [0.4, 0.5) is 0 Å². The molecule has 0 amide bonds. The smallest absolute Gasteiger partial charge is 0.323 e. The summed E-state index contributed by atoms with van der Waals surface area (Å²) < 4.78 is 5.10. The van der Waals surface area contributed by atoms with Crippen LogP contribution in [0.25, 0.3) is 0 Å². The second-order valence-electron chi connectivity index (χ2n) is 4.03. The molecule has 0 heterocycles. The fourth-order valence-electron chi connectivity index (χ4n) is 0.795. The van der Waals surface area contributed by atoms with Crippen LogP contribution in [0.1, 0.15) is 27.2 Å². The average molecular weight is 188 g/mol. The van der Waals surface area contributed by atoms with Crippen molar-refractivity contribution in [1.82, 2.24) is 5.32 Å². The molecule has 3 N–H and O–H groups in total. The Morgan fingerprint density at radius 3 is 2.46 bits per heavy atom. The summed E-state index contributed by atoms with van der Waals surface area (Å²) in [6, 6.07) is -0.522. The van der Waals surface area contributed by atoms with Crippen LogP contribution in [0.3, 0.4) is 0 Å². The molecular weight excluding hydrogens is 168 g/mol. The first-order valence-electron chi connectivity index (χ1n) is 4.50. The van der Waals surface area contributed by atoms with E-state index >= 15 is 0 Å². The first-order valence-corrected chi connectivity index (χ1v) is 4.50. The second-order valence-corrected chi connectivity index (χ2v) is 4.03. The molecule has 0 aliphatic rings. The van der Waals surface area contributed by atoms with E-state index in [4.69, 9.17) is 10.5 Å². The molecule has 0 spiro atoms. The quantitative estimate of drug-likeness (QED) is 0.621. The summed E-state index contributed by atoms with van der Waals surface area (Å²) in [5.41, 5.74) is 5.15. The summed E-state index contributed by atoms with van der Waals surface area (Å²) in [4.78, 5) is 11.3. The molecule has 0 unspecified atom stereocenters. The average Bonchev–Trinajstić information content (AvgIpc) is 1.96. The lowest BCUT2D eigenvalue weighted by Crippen LogP contribution is -2.38. The van der Waals surface area contributed by atoms with Gasteiger partial charge in [-0.05, 0) is 40.8 Å². The Bertz CT molecular complexity index is 163. The molecule has 0 aromatic rings. The first-order chi connectivity index (χ1) is 5.87. The van der Waals surface area contributed by atoms with Crippen LogP contribution in [0, 0.1) is 0 Å². The van der Waals surface area contributed by atoms with E-state index in [9.17, 15) is 4.79 Å². The van der Waals surface area contributed by atoms with Crippen molar-refractivity contribution in [2.24, 2.45) is 5.73 Å². The summed E-state index contributed by atoms with van der Waals surface area (Å²) in [5, 5.41) is 2.93. The van der Waals surface area contributed by atoms with Crippen molar-refractivity contribution >= 4 is 5.97 Å². The lowest BCUT2D eigenvalue weighted by atomic mass is 10.1. The van der Waals surface area contributed by atoms with Crippen molar-refractivity contribution in [2.75, 3.05) is 13.6 Å². The van der Waals surface area contributed by atoms with Crippen molar-refractivity contribution in [1.29, 1.82) is 0 Å². The highest BCUT2D eigenvalue weighted by molar-refractivity contribution is 5.75. The molecule has 0 saturated heterocycles. The fourth-order valence-corrected chi connectivity index (χ4v) is 0.795. The highest BCUT2D eigenvalue weighted by atomic mass is 16.6. The Morgan fingerprint density at radius 2 is 2.08 bits per heavy atom. The molecule has 13 heavy (non-hydrogen) atoms. The molecule has 78 valence electrons. The largest absolute Gasteiger partial charge is 0.459 e. The predicted molar refractivity (Wildman–Crippen MR) is 52.4 cm³/mol. The van der Waals surface area contributed by atoms with Crippen LogP contribution < -0.4 is 11.1 Å². The van der Waals surface area contributed by atoms with E-state index in [1.807, 2.05) is 27.8 Å². The molecule has 0 radical (unpaired) electrons. The molecule has 0 aliphatic heterocycles. The van der Waals surface area contributed by atoms with E-state index in [0.717, 1.165) is 6.54 Å². The number of nitrogens with two attached hydrogens (primary N) is 1. The Kier molecular flexibility index (Phi) is 4.95. The van der Waals surface area contributed by atoms with Crippen LogP contribution in [-0.2, 0) is 9.53 Å². The monoisotopic (exact) mass is 188 g/mol. The Balaban J connectivity index is 3.83. The van der Waals surface area contributed by atoms with Crippen molar-refractivity contribution in [2.45, 2.75) is 38.8 Å². The Labute approximate surface area is 79.8 Å². The van der Waals surface area contributed by atoms with E-state index < -0.39 is 11.6 Å². The summed E-state index contributed by atoms with van der Waals surface area (Å²) >= 11 is 0. The van der Waals surface area contributed by atoms with E-state index in [1.54, 1.807) is 0 Å². The van der Waals surface area contributed by atoms with Crippen LogP contribution >= 0.6 is 0 Å². The van der Waals surface area contributed by atoms with Gasteiger partial charge in [0.2, 0.25) is 0 Å². The third-order valence-electron chi connectivity index (χ3n) is 1.41. The maximum Gasteiger partial charge on any atom is 0.323 e. The number of nitrogens with one attached hydrogen (secondary N) is 1. The number of ether oxygens (including phenoxy) is 1. The summed E-state index contributed by atoms with van der Waals surface area (Å²) in [5.74, 6) is -0.331. The van der Waals surface area contributed by atoms with Crippen molar-refractivity contribution in [3.63, 3.8) is 0 Å². The molecule has 0 bridgehead atoms. The molecule has 0 saturated carbocycles. The van der Waals surface area contributed by atoms with E-state index in [2.05, 4.69) is 5.32 Å². The lowest BCUT2D eigenvalue weighted by molar-refractivity contribution is -0.156. The van der Waals surface area contributed by atoms with Gasteiger partial charge in [-0.1, -0.05) is 0 Å². The minimum Gasteiger partial charge on any atom is -0.459 e. The van der Waals surface area contributed by atoms with Gasteiger partial charge >= 0.3 is 5.97 Å². The topological polar surface area (TPSA) is 64.3 Å². The molecule has 1 atom stereocenters. The van der Waals surface area contributed by atoms with E-state index in [1.165, 1.54) is 0 Å². The molecular formula is C9H20N2O2. The van der Waals surface area contributed by atoms with Crippen LogP contribution in [0.2, 0.25) is 0 Å². The van der Waals surface area contributed by atoms with Gasteiger partial charge in [-0.3, -0.25) is 4.79 Å². The van der Waals surface area contributed by atoms with E-state index in [-0.39, 0.29) is 5.97 Å². The van der Waals surface area contributed by atoms with Crippen LogP contribution in [0.15, 0.2) is 0 Å². The van der Waals surface area contributed by atoms with Gasteiger partial charge in [0.25, 0.3) is 0 Å². The number of carbonyl (C=O) groups is 1. The van der Waals surface area contributed by atoms with Gasteiger partial charge in [0.1, 0.15) is 11.6 Å². The normalized spacial score (nSPS) is 13.9. The summed E-state index contributed by atoms with van der Waals surface area (Å²) in [7, 11) is 1.82. The molecule has 0 rings (SSSR count). The van der Waals surface area contributed by atoms with Gasteiger partial charge in [0, 0.05) is 0 Å². The van der Waals surface area contributed by atoms with Crippen molar-refractivity contribution in [3.8, 4) is 0 Å². The number of rotatable bonds is 4. The number of hydrogen-bond acceptors (Lipinski definition) is 4. The third kappa shape index (κ3) is 6.54. The maximum atomic E-state index is 11.3. The highest BCUT2D eigenvalue weighted by Crippen LogP contribution is 2.08. The molecule has 0 aromatic carbocycles. The lowest BCUT2D eigenvalue weighted by Gasteiger charge is -2.22. The molecule has 0 aromatic heterocycles. The molecule has 0 aliphatic carbocycles. The maximum absolute atomic E-state index is 11.3. The van der Waals surface area contributed by atoms with Gasteiger partial charge < -0.3 is 15.8 Å². The number of carbonyl (C=O) groups excluding carboxylic acids is 1. The van der Waals surface area contributed by atoms with Crippen LogP contribution in [0.5, 0.6) is 0 Å². The predicted octanol–water partition coefficient (Wildman–Crippen LogP) is 0.265. The van der Waals surface area contributed by atoms with Crippen molar-refractivity contribution in [3.05, 3.63) is 0 Å². The van der Waals surface area contributed by atoms with Crippen LogP contribution in [-0.4, -0.2) is 31.2 Å². The zero-order chi connectivity index (χ0) is 10.5. The zero-order valence-electron chi connectivity index (χ0n) is 8.89. The highest BCUT2D eigenvalue weighted by Gasteiger charge is 2.21. The minimum absolute atomic E-state index is 0.331. The first kappa shape index (κ1) is 12.4. The standard InChI is InChI=1S/C9H20N2O2/c1-9(2,3)13-8(12)7(10)5-6-11-4/h7,11H,5-6,10H2,1-4H3/t7-/m1/s1. The SMILES string of the molecule is CNCC[C@@H](N)C(=O)OC(C)(C)C. The van der Waals surface area contributed by atoms with E-state index in [0.29, 0.717) is 6.42 Å². The Hall–Kier alpha value is -0.610. The van der Waals surface area contributed by atoms with Gasteiger partial charge in [0.05, 0.1) is 0 Å². The molecule has 4 nitrogen and oxygen atoms in total. The molecule has 4 heteroatoms. The minimum atomic E-state index is -0.522. The van der Waals surface area contributed by atoms with Gasteiger partial charge in [0.15, 0.2) is 0 Å². The number of hydrogen-bond donors (Lipinski definition) is 2. The van der Waals surface area contributed by atoms with Gasteiger partial charge in [-0.2, -0.15) is 0 Å². The van der Waals surface area contributed by atoms with Gasteiger partial charge in [-0.15, -0.1) is 0 Å². The third-order valence-corrected chi connectivity index (χ3v) is 1.41. The second kappa shape index (κ2) is 5.19. The summed E-state index contributed by atoms with van der Waals surface area (Å²) in [6.45, 7) is 6.21. The molecule has 0 fully saturated rings. The van der Waals surface area contributed by atoms with Gasteiger partial charge in [-0.25, -0.2) is 0 Å².